The zero-order chi connectivity index (χ0) is 12.3. The molecule has 0 radical (unpaired) electrons. The molecule has 2 aromatic rings. The van der Waals surface area contributed by atoms with E-state index in [4.69, 9.17) is 4.42 Å². The van der Waals surface area contributed by atoms with Crippen molar-refractivity contribution < 1.29 is 18.7 Å². The summed E-state index contributed by atoms with van der Waals surface area (Å²) >= 11 is 0. The lowest BCUT2D eigenvalue weighted by Crippen LogP contribution is -2.14. The van der Waals surface area contributed by atoms with Crippen LogP contribution in [0.1, 0.15) is 17.0 Å². The maximum atomic E-state index is 12.8. The Bertz CT molecular complexity index is 488. The van der Waals surface area contributed by atoms with Gasteiger partial charge < -0.3 is 9.52 Å². The molecule has 0 aliphatic rings. The van der Waals surface area contributed by atoms with E-state index in [2.05, 4.69) is 0 Å². The number of aliphatic carboxylic acids is 1. The molecule has 1 atom stereocenters. The molecule has 1 unspecified atom stereocenters. The summed E-state index contributed by atoms with van der Waals surface area (Å²) in [6.07, 6.45) is 3.34. The van der Waals surface area contributed by atoms with Crippen molar-refractivity contribution in [3.05, 3.63) is 59.8 Å². The van der Waals surface area contributed by atoms with Crippen molar-refractivity contribution >= 4 is 5.97 Å². The number of carboxylic acids is 1. The third-order valence-corrected chi connectivity index (χ3v) is 2.59. The lowest BCUT2D eigenvalue weighted by molar-refractivity contribution is -0.138. The summed E-state index contributed by atoms with van der Waals surface area (Å²) in [6.45, 7) is 0. The Morgan fingerprint density at radius 2 is 2.00 bits per heavy atom. The molecule has 88 valence electrons. The molecule has 0 amide bonds. The van der Waals surface area contributed by atoms with Crippen LogP contribution in [0.25, 0.3) is 0 Å². The quantitative estimate of drug-likeness (QED) is 0.884. The van der Waals surface area contributed by atoms with Gasteiger partial charge in [0.25, 0.3) is 0 Å². The van der Waals surface area contributed by atoms with E-state index in [1.807, 2.05) is 0 Å². The minimum absolute atomic E-state index is 0.331. The second kappa shape index (κ2) is 4.82. The molecule has 3 nitrogen and oxygen atoms in total. The van der Waals surface area contributed by atoms with Crippen molar-refractivity contribution in [3.63, 3.8) is 0 Å². The molecule has 0 saturated heterocycles. The lowest BCUT2D eigenvalue weighted by atomic mass is 9.93. The van der Waals surface area contributed by atoms with Gasteiger partial charge in [-0.05, 0) is 35.7 Å². The molecule has 4 heteroatoms. The van der Waals surface area contributed by atoms with Crippen LogP contribution in [0.3, 0.4) is 0 Å². The second-order valence-corrected chi connectivity index (χ2v) is 3.78. The lowest BCUT2D eigenvalue weighted by Gasteiger charge is -2.11. The Morgan fingerprint density at radius 3 is 2.53 bits per heavy atom. The highest BCUT2D eigenvalue weighted by atomic mass is 19.1. The number of hydrogen-bond donors (Lipinski definition) is 1. The number of rotatable bonds is 4. The highest BCUT2D eigenvalue weighted by Gasteiger charge is 2.20. The molecule has 0 spiro atoms. The van der Waals surface area contributed by atoms with Crippen molar-refractivity contribution in [1.82, 2.24) is 0 Å². The highest BCUT2D eigenvalue weighted by Crippen LogP contribution is 2.21. The van der Waals surface area contributed by atoms with Gasteiger partial charge in [-0.15, -0.1) is 0 Å². The molecule has 1 aromatic heterocycles. The SMILES string of the molecule is O=C(O)C(Cc1ccoc1)c1ccc(F)cc1. The van der Waals surface area contributed by atoms with E-state index < -0.39 is 11.9 Å². The number of furan rings is 1. The third kappa shape index (κ3) is 2.72. The third-order valence-electron chi connectivity index (χ3n) is 2.59. The zero-order valence-corrected chi connectivity index (χ0v) is 8.97. The molecule has 0 saturated carbocycles. The Morgan fingerprint density at radius 1 is 1.29 bits per heavy atom. The summed E-state index contributed by atoms with van der Waals surface area (Å²) in [6, 6.07) is 7.24. The van der Waals surface area contributed by atoms with Crippen molar-refractivity contribution in [2.75, 3.05) is 0 Å². The number of benzene rings is 1. The van der Waals surface area contributed by atoms with Crippen molar-refractivity contribution in [2.45, 2.75) is 12.3 Å². The van der Waals surface area contributed by atoms with Crippen LogP contribution in [0.15, 0.2) is 47.3 Å². The van der Waals surface area contributed by atoms with E-state index in [-0.39, 0.29) is 5.82 Å². The summed E-state index contributed by atoms with van der Waals surface area (Å²) in [4.78, 5) is 11.2. The van der Waals surface area contributed by atoms with E-state index >= 15 is 0 Å². The zero-order valence-electron chi connectivity index (χ0n) is 8.97. The van der Waals surface area contributed by atoms with Gasteiger partial charge in [0, 0.05) is 0 Å². The molecule has 1 aromatic carbocycles. The first-order valence-electron chi connectivity index (χ1n) is 5.16. The van der Waals surface area contributed by atoms with Crippen LogP contribution in [0.4, 0.5) is 4.39 Å². The molecule has 1 N–H and O–H groups in total. The fourth-order valence-corrected chi connectivity index (χ4v) is 1.69. The average molecular weight is 234 g/mol. The topological polar surface area (TPSA) is 50.4 Å². The van der Waals surface area contributed by atoms with Gasteiger partial charge in [-0.3, -0.25) is 4.79 Å². The first-order valence-corrected chi connectivity index (χ1v) is 5.16. The van der Waals surface area contributed by atoms with Crippen molar-refractivity contribution in [3.8, 4) is 0 Å². The van der Waals surface area contributed by atoms with Crippen LogP contribution in [0.5, 0.6) is 0 Å². The summed E-state index contributed by atoms with van der Waals surface area (Å²) in [7, 11) is 0. The van der Waals surface area contributed by atoms with Crippen LogP contribution in [0, 0.1) is 5.82 Å². The summed E-state index contributed by atoms with van der Waals surface area (Å²) in [5, 5.41) is 9.17. The summed E-state index contributed by atoms with van der Waals surface area (Å²) in [5.41, 5.74) is 1.39. The standard InChI is InChI=1S/C13H11FO3/c14-11-3-1-10(2-4-11)12(13(15)16)7-9-5-6-17-8-9/h1-6,8,12H,7H2,(H,15,16). The van der Waals surface area contributed by atoms with Gasteiger partial charge in [-0.1, -0.05) is 12.1 Å². The Balaban J connectivity index is 2.23. The summed E-state index contributed by atoms with van der Waals surface area (Å²) in [5.74, 6) is -1.99. The molecule has 2 rings (SSSR count). The Kier molecular flexibility index (Phi) is 3.23. The number of carboxylic acid groups (broad SMARTS) is 1. The van der Waals surface area contributed by atoms with E-state index in [1.165, 1.54) is 36.8 Å². The Hall–Kier alpha value is -2.10. The van der Waals surface area contributed by atoms with Gasteiger partial charge in [-0.25, -0.2) is 4.39 Å². The number of hydrogen-bond acceptors (Lipinski definition) is 2. The van der Waals surface area contributed by atoms with E-state index in [1.54, 1.807) is 6.07 Å². The normalized spacial score (nSPS) is 12.3. The smallest absolute Gasteiger partial charge is 0.311 e. The molecule has 0 bridgehead atoms. The predicted octanol–water partition coefficient (Wildman–Crippen LogP) is 2.83. The fraction of sp³-hybridized carbons (Fsp3) is 0.154. The van der Waals surface area contributed by atoms with Crippen LogP contribution in [0.2, 0.25) is 0 Å². The van der Waals surface area contributed by atoms with Gasteiger partial charge in [-0.2, -0.15) is 0 Å². The minimum Gasteiger partial charge on any atom is -0.481 e. The van der Waals surface area contributed by atoms with E-state index in [0.29, 0.717) is 12.0 Å². The van der Waals surface area contributed by atoms with Gasteiger partial charge in [0.15, 0.2) is 0 Å². The second-order valence-electron chi connectivity index (χ2n) is 3.78. The molecule has 1 heterocycles. The maximum Gasteiger partial charge on any atom is 0.311 e. The van der Waals surface area contributed by atoms with Crippen molar-refractivity contribution in [2.24, 2.45) is 0 Å². The van der Waals surface area contributed by atoms with Gasteiger partial charge >= 0.3 is 5.97 Å². The largest absolute Gasteiger partial charge is 0.481 e. The molecule has 0 aliphatic heterocycles. The average Bonchev–Trinajstić information content (AvgIpc) is 2.80. The highest BCUT2D eigenvalue weighted by molar-refractivity contribution is 5.76. The Labute approximate surface area is 97.5 Å². The monoisotopic (exact) mass is 234 g/mol. The van der Waals surface area contributed by atoms with E-state index in [0.717, 1.165) is 5.56 Å². The number of carbonyl (C=O) groups is 1. The molecule has 0 fully saturated rings. The van der Waals surface area contributed by atoms with Crippen LogP contribution in [-0.2, 0) is 11.2 Å². The van der Waals surface area contributed by atoms with Crippen molar-refractivity contribution in [1.29, 1.82) is 0 Å². The molecule has 0 aliphatic carbocycles. The maximum absolute atomic E-state index is 12.8. The van der Waals surface area contributed by atoms with Crippen LogP contribution >= 0.6 is 0 Å². The minimum atomic E-state index is -0.933. The molecule has 17 heavy (non-hydrogen) atoms. The number of halogens is 1. The first-order chi connectivity index (χ1) is 8.16. The van der Waals surface area contributed by atoms with Crippen LogP contribution < -0.4 is 0 Å². The van der Waals surface area contributed by atoms with Crippen LogP contribution in [-0.4, -0.2) is 11.1 Å². The van der Waals surface area contributed by atoms with E-state index in [9.17, 15) is 14.3 Å². The fourth-order valence-electron chi connectivity index (χ4n) is 1.69. The summed E-state index contributed by atoms with van der Waals surface area (Å²) < 4.78 is 17.7. The first kappa shape index (κ1) is 11.4. The van der Waals surface area contributed by atoms with Gasteiger partial charge in [0.05, 0.1) is 18.4 Å². The predicted molar refractivity (Wildman–Crippen MR) is 59.2 cm³/mol. The molecular weight excluding hydrogens is 223 g/mol. The molecular formula is C13H11FO3. The van der Waals surface area contributed by atoms with Gasteiger partial charge in [0.2, 0.25) is 0 Å². The van der Waals surface area contributed by atoms with Gasteiger partial charge in [0.1, 0.15) is 5.82 Å².